The molecule has 3 aromatic heterocycles. The highest BCUT2D eigenvalue weighted by molar-refractivity contribution is 5.85. The van der Waals surface area contributed by atoms with Crippen LogP contribution in [-0.4, -0.2) is 95.6 Å². The Labute approximate surface area is 219 Å². The SMILES string of the molecule is CNC(=O)[C@H]1O[C@@H](n2cnc3c(NCC(C)(F)F)nc(-c4cn(-c5cccc(OC)c5)nn4)nc32)[C@H](O)[C@@H]1O. The number of benzene rings is 1. The molecule has 5 rings (SSSR count). The molecule has 1 saturated heterocycles. The Morgan fingerprint density at radius 2 is 2.05 bits per heavy atom. The summed E-state index contributed by atoms with van der Waals surface area (Å²) in [7, 11) is 2.90. The first kappa shape index (κ1) is 26.3. The van der Waals surface area contributed by atoms with E-state index in [1.54, 1.807) is 30.5 Å². The molecular formula is C23H25F2N9O5. The maximum atomic E-state index is 13.7. The summed E-state index contributed by atoms with van der Waals surface area (Å²) in [6, 6.07) is 7.06. The number of likely N-dealkylation sites (N-methyl/N-ethyl adjacent to an activating group) is 1. The number of alkyl halides is 2. The minimum absolute atomic E-state index is 0.0104. The summed E-state index contributed by atoms with van der Waals surface area (Å²) in [5, 5.41) is 34.2. The average Bonchev–Trinajstić information content (AvgIpc) is 3.65. The molecule has 1 aliphatic heterocycles. The third-order valence-electron chi connectivity index (χ3n) is 6.05. The second kappa shape index (κ2) is 10.1. The van der Waals surface area contributed by atoms with Crippen molar-refractivity contribution in [3.63, 3.8) is 0 Å². The quantitative estimate of drug-likeness (QED) is 0.243. The second-order valence-corrected chi connectivity index (χ2v) is 8.94. The van der Waals surface area contributed by atoms with Gasteiger partial charge >= 0.3 is 0 Å². The predicted octanol–water partition coefficient (Wildman–Crippen LogP) is 0.515. The van der Waals surface area contributed by atoms with E-state index in [9.17, 15) is 23.8 Å². The molecule has 4 heterocycles. The number of rotatable bonds is 8. The minimum Gasteiger partial charge on any atom is -0.497 e. The lowest BCUT2D eigenvalue weighted by Gasteiger charge is -2.17. The number of nitrogens with zero attached hydrogens (tertiary/aromatic N) is 7. The number of amides is 1. The number of hydrogen-bond acceptors (Lipinski definition) is 11. The third kappa shape index (κ3) is 5.08. The van der Waals surface area contributed by atoms with Crippen LogP contribution in [0.25, 0.3) is 28.4 Å². The Bertz CT molecular complexity index is 1500. The van der Waals surface area contributed by atoms with Crippen LogP contribution in [0.2, 0.25) is 0 Å². The Morgan fingerprint density at radius 1 is 1.26 bits per heavy atom. The smallest absolute Gasteiger partial charge is 0.262 e. The van der Waals surface area contributed by atoms with Crippen molar-refractivity contribution < 1.29 is 33.3 Å². The number of nitrogens with one attached hydrogen (secondary N) is 2. The highest BCUT2D eigenvalue weighted by Gasteiger charge is 2.47. The van der Waals surface area contributed by atoms with Crippen molar-refractivity contribution in [2.24, 2.45) is 0 Å². The van der Waals surface area contributed by atoms with E-state index in [-0.39, 0.29) is 28.5 Å². The van der Waals surface area contributed by atoms with E-state index < -0.39 is 42.9 Å². The summed E-state index contributed by atoms with van der Waals surface area (Å²) in [5.74, 6) is -3.11. The molecule has 206 valence electrons. The molecule has 4 aromatic rings. The summed E-state index contributed by atoms with van der Waals surface area (Å²) in [5.41, 5.74) is 1.01. The van der Waals surface area contributed by atoms with Crippen LogP contribution in [-0.2, 0) is 9.53 Å². The van der Waals surface area contributed by atoms with E-state index in [1.807, 2.05) is 0 Å². The lowest BCUT2D eigenvalue weighted by molar-refractivity contribution is -0.137. The van der Waals surface area contributed by atoms with Crippen LogP contribution in [0.1, 0.15) is 13.2 Å². The van der Waals surface area contributed by atoms with Gasteiger partial charge < -0.3 is 30.3 Å². The number of aliphatic hydroxyl groups excluding tert-OH is 2. The number of aliphatic hydroxyl groups is 2. The number of methoxy groups -OCH3 is 1. The van der Waals surface area contributed by atoms with Gasteiger partial charge in [0.1, 0.15) is 18.0 Å². The van der Waals surface area contributed by atoms with E-state index in [0.29, 0.717) is 11.4 Å². The Morgan fingerprint density at radius 3 is 2.77 bits per heavy atom. The molecule has 4 atom stereocenters. The number of hydrogen-bond donors (Lipinski definition) is 4. The van der Waals surface area contributed by atoms with Gasteiger partial charge in [0.05, 0.1) is 31.9 Å². The number of carbonyl (C=O) groups excluding carboxylic acids is 1. The number of carbonyl (C=O) groups is 1. The van der Waals surface area contributed by atoms with Crippen LogP contribution < -0.4 is 15.4 Å². The summed E-state index contributed by atoms with van der Waals surface area (Å²) < 4.78 is 41.0. The molecule has 0 spiro atoms. The predicted molar refractivity (Wildman–Crippen MR) is 131 cm³/mol. The van der Waals surface area contributed by atoms with Gasteiger partial charge in [-0.3, -0.25) is 9.36 Å². The molecule has 0 aliphatic carbocycles. The fourth-order valence-electron chi connectivity index (χ4n) is 4.07. The van der Waals surface area contributed by atoms with Crippen LogP contribution in [0.3, 0.4) is 0 Å². The van der Waals surface area contributed by atoms with Gasteiger partial charge in [0, 0.05) is 20.0 Å². The lowest BCUT2D eigenvalue weighted by Crippen LogP contribution is -2.41. The van der Waals surface area contributed by atoms with E-state index in [0.717, 1.165) is 6.92 Å². The summed E-state index contributed by atoms with van der Waals surface area (Å²) in [6.07, 6.45) is -2.88. The van der Waals surface area contributed by atoms with E-state index in [1.165, 1.54) is 29.7 Å². The number of halogens is 2. The van der Waals surface area contributed by atoms with Crippen molar-refractivity contribution in [1.29, 1.82) is 0 Å². The molecule has 1 aliphatic rings. The van der Waals surface area contributed by atoms with Crippen molar-refractivity contribution >= 4 is 22.9 Å². The monoisotopic (exact) mass is 545 g/mol. The normalized spacial score (nSPS) is 21.3. The average molecular weight is 546 g/mol. The topological polar surface area (TPSA) is 174 Å². The first-order valence-corrected chi connectivity index (χ1v) is 11.8. The van der Waals surface area contributed by atoms with Crippen molar-refractivity contribution in [2.45, 2.75) is 37.4 Å². The third-order valence-corrected chi connectivity index (χ3v) is 6.05. The van der Waals surface area contributed by atoms with E-state index in [2.05, 4.69) is 35.9 Å². The Kier molecular flexibility index (Phi) is 6.83. The molecule has 4 N–H and O–H groups in total. The number of ether oxygens (including phenoxy) is 2. The van der Waals surface area contributed by atoms with Crippen LogP contribution in [0.5, 0.6) is 5.75 Å². The molecular weight excluding hydrogens is 520 g/mol. The molecule has 1 fully saturated rings. The fourth-order valence-corrected chi connectivity index (χ4v) is 4.07. The molecule has 0 unspecified atom stereocenters. The molecule has 1 aromatic carbocycles. The van der Waals surface area contributed by atoms with Gasteiger partial charge in [-0.05, 0) is 12.1 Å². The van der Waals surface area contributed by atoms with Crippen molar-refractivity contribution in [1.82, 2.24) is 39.8 Å². The number of imidazole rings is 1. The molecule has 0 radical (unpaired) electrons. The van der Waals surface area contributed by atoms with Crippen molar-refractivity contribution in [3.8, 4) is 23.0 Å². The number of anilines is 1. The summed E-state index contributed by atoms with van der Waals surface area (Å²) >= 11 is 0. The van der Waals surface area contributed by atoms with Crippen molar-refractivity contribution in [3.05, 3.63) is 36.8 Å². The van der Waals surface area contributed by atoms with Gasteiger partial charge in [0.15, 0.2) is 40.8 Å². The first-order chi connectivity index (χ1) is 18.6. The van der Waals surface area contributed by atoms with Crippen LogP contribution in [0, 0.1) is 0 Å². The maximum absolute atomic E-state index is 13.7. The second-order valence-electron chi connectivity index (χ2n) is 8.94. The largest absolute Gasteiger partial charge is 0.497 e. The Hall–Kier alpha value is -4.28. The first-order valence-electron chi connectivity index (χ1n) is 11.8. The zero-order valence-corrected chi connectivity index (χ0v) is 21.0. The van der Waals surface area contributed by atoms with Crippen molar-refractivity contribution in [2.75, 3.05) is 26.0 Å². The van der Waals surface area contributed by atoms with E-state index >= 15 is 0 Å². The van der Waals surface area contributed by atoms with Gasteiger partial charge in [-0.1, -0.05) is 11.3 Å². The number of fused-ring (bicyclic) bond motifs is 1. The summed E-state index contributed by atoms with van der Waals surface area (Å²) in [4.78, 5) is 25.2. The molecule has 39 heavy (non-hydrogen) atoms. The van der Waals surface area contributed by atoms with E-state index in [4.69, 9.17) is 9.47 Å². The van der Waals surface area contributed by atoms with Crippen LogP contribution >= 0.6 is 0 Å². The molecule has 0 bridgehead atoms. The van der Waals surface area contributed by atoms with Gasteiger partial charge in [0.2, 0.25) is 0 Å². The molecule has 1 amide bonds. The standard InChI is InChI=1S/C23H25F2N9O5/c1-23(24,25)9-27-19-14-20(33(10-28-14)22-16(36)15(35)17(39-22)21(37)26-2)30-18(29-19)13-8-34(32-31-13)11-5-4-6-12(7-11)38-3/h4-8,10,15-17,22,35-36H,9H2,1-3H3,(H,26,37)(H,27,29,30)/t15-,16+,17-,22+/m0/s1. The Balaban J connectivity index is 1.58. The minimum atomic E-state index is -3.06. The zero-order valence-electron chi connectivity index (χ0n) is 21.0. The molecule has 14 nitrogen and oxygen atoms in total. The fraction of sp³-hybridized carbons (Fsp3) is 0.391. The lowest BCUT2D eigenvalue weighted by atomic mass is 10.1. The summed E-state index contributed by atoms with van der Waals surface area (Å²) in [6.45, 7) is 0.00256. The van der Waals surface area contributed by atoms with Gasteiger partial charge in [-0.25, -0.2) is 28.4 Å². The molecule has 16 heteroatoms. The highest BCUT2D eigenvalue weighted by Crippen LogP contribution is 2.33. The molecule has 0 saturated carbocycles. The van der Waals surface area contributed by atoms with Crippen LogP contribution in [0.15, 0.2) is 36.8 Å². The van der Waals surface area contributed by atoms with Gasteiger partial charge in [-0.15, -0.1) is 5.10 Å². The zero-order chi connectivity index (χ0) is 27.9. The van der Waals surface area contributed by atoms with Gasteiger partial charge in [-0.2, -0.15) is 0 Å². The van der Waals surface area contributed by atoms with Gasteiger partial charge in [0.25, 0.3) is 11.8 Å². The van der Waals surface area contributed by atoms with Crippen LogP contribution in [0.4, 0.5) is 14.6 Å². The maximum Gasteiger partial charge on any atom is 0.262 e. The number of aromatic nitrogens is 7. The highest BCUT2D eigenvalue weighted by atomic mass is 19.3.